The highest BCUT2D eigenvalue weighted by molar-refractivity contribution is 5.87. The number of aromatic nitrogens is 3. The van der Waals surface area contributed by atoms with Crippen molar-refractivity contribution in [1.82, 2.24) is 15.2 Å². The zero-order chi connectivity index (χ0) is 11.4. The predicted octanol–water partition coefficient (Wildman–Crippen LogP) is 0.701. The van der Waals surface area contributed by atoms with E-state index in [1.165, 1.54) is 0 Å². The van der Waals surface area contributed by atoms with Gasteiger partial charge < -0.3 is 5.73 Å². The summed E-state index contributed by atoms with van der Waals surface area (Å²) in [6, 6.07) is 9.94. The summed E-state index contributed by atoms with van der Waals surface area (Å²) < 4.78 is 0. The van der Waals surface area contributed by atoms with E-state index in [-0.39, 0.29) is 5.96 Å². The summed E-state index contributed by atoms with van der Waals surface area (Å²) in [4.78, 5) is 4.15. The van der Waals surface area contributed by atoms with Gasteiger partial charge in [0.2, 0.25) is 5.95 Å². The first-order valence-corrected chi connectivity index (χ1v) is 4.80. The summed E-state index contributed by atoms with van der Waals surface area (Å²) in [5.74, 6) is 0.874. The van der Waals surface area contributed by atoms with Gasteiger partial charge in [0.05, 0.1) is 0 Å². The molecule has 0 aliphatic carbocycles. The fourth-order valence-electron chi connectivity index (χ4n) is 1.34. The van der Waals surface area contributed by atoms with Crippen LogP contribution in [-0.4, -0.2) is 21.1 Å². The van der Waals surface area contributed by atoms with E-state index in [2.05, 4.69) is 20.5 Å². The van der Waals surface area contributed by atoms with Crippen LogP contribution < -0.4 is 11.1 Å². The largest absolute Gasteiger partial charge is 0.370 e. The van der Waals surface area contributed by atoms with Crippen molar-refractivity contribution in [3.8, 4) is 0 Å². The van der Waals surface area contributed by atoms with Gasteiger partial charge in [-0.2, -0.15) is 4.98 Å². The molecular formula is C10H12N6. The third kappa shape index (κ3) is 2.57. The van der Waals surface area contributed by atoms with Crippen molar-refractivity contribution in [1.29, 1.82) is 5.41 Å². The fourth-order valence-corrected chi connectivity index (χ4v) is 1.34. The van der Waals surface area contributed by atoms with Crippen LogP contribution in [0.2, 0.25) is 0 Å². The molecular weight excluding hydrogens is 204 g/mol. The van der Waals surface area contributed by atoms with Crippen LogP contribution in [0, 0.1) is 5.41 Å². The second-order valence-electron chi connectivity index (χ2n) is 3.31. The van der Waals surface area contributed by atoms with Gasteiger partial charge in [-0.3, -0.25) is 15.8 Å². The normalized spacial score (nSPS) is 10.0. The van der Waals surface area contributed by atoms with Crippen molar-refractivity contribution in [3.05, 3.63) is 41.7 Å². The Hall–Kier alpha value is -2.37. The zero-order valence-corrected chi connectivity index (χ0v) is 8.57. The van der Waals surface area contributed by atoms with Gasteiger partial charge in [0.25, 0.3) is 0 Å². The van der Waals surface area contributed by atoms with Crippen molar-refractivity contribution >= 4 is 11.9 Å². The van der Waals surface area contributed by atoms with Crippen molar-refractivity contribution < 1.29 is 0 Å². The monoisotopic (exact) mass is 216 g/mol. The Labute approximate surface area is 92.4 Å². The Kier molecular flexibility index (Phi) is 2.81. The van der Waals surface area contributed by atoms with Gasteiger partial charge in [0.15, 0.2) is 5.96 Å². The highest BCUT2D eigenvalue weighted by atomic mass is 15.3. The number of hydrogen-bond donors (Lipinski definition) is 4. The van der Waals surface area contributed by atoms with E-state index in [4.69, 9.17) is 11.1 Å². The molecule has 2 aromatic rings. The van der Waals surface area contributed by atoms with E-state index in [9.17, 15) is 0 Å². The molecule has 5 N–H and O–H groups in total. The molecule has 0 fully saturated rings. The smallest absolute Gasteiger partial charge is 0.248 e. The van der Waals surface area contributed by atoms with Gasteiger partial charge >= 0.3 is 0 Å². The average molecular weight is 216 g/mol. The lowest BCUT2D eigenvalue weighted by Gasteiger charge is -1.96. The van der Waals surface area contributed by atoms with E-state index in [0.717, 1.165) is 11.4 Å². The highest BCUT2D eigenvalue weighted by Crippen LogP contribution is 2.06. The first-order chi connectivity index (χ1) is 7.74. The van der Waals surface area contributed by atoms with Crippen LogP contribution in [-0.2, 0) is 6.42 Å². The van der Waals surface area contributed by atoms with Crippen LogP contribution in [0.5, 0.6) is 0 Å². The minimum Gasteiger partial charge on any atom is -0.370 e. The molecule has 1 aromatic heterocycles. The Balaban J connectivity index is 2.06. The summed E-state index contributed by atoms with van der Waals surface area (Å²) in [5.41, 5.74) is 6.31. The van der Waals surface area contributed by atoms with Crippen LogP contribution in [0.3, 0.4) is 0 Å². The molecule has 0 bridgehead atoms. The third-order valence-corrected chi connectivity index (χ3v) is 1.99. The zero-order valence-electron chi connectivity index (χ0n) is 8.57. The molecule has 82 valence electrons. The summed E-state index contributed by atoms with van der Waals surface area (Å²) in [5, 5.41) is 16.2. The number of nitrogens with two attached hydrogens (primary N) is 1. The summed E-state index contributed by atoms with van der Waals surface area (Å²) in [6.07, 6.45) is 0.674. The van der Waals surface area contributed by atoms with Crippen LogP contribution in [0.25, 0.3) is 0 Å². The number of nitrogens with zero attached hydrogens (tertiary/aromatic N) is 2. The molecule has 6 nitrogen and oxygen atoms in total. The Morgan fingerprint density at radius 3 is 2.81 bits per heavy atom. The minimum atomic E-state index is -0.176. The first-order valence-electron chi connectivity index (χ1n) is 4.80. The molecule has 6 heteroatoms. The Bertz CT molecular complexity index is 475. The van der Waals surface area contributed by atoms with E-state index in [1.54, 1.807) is 0 Å². The summed E-state index contributed by atoms with van der Waals surface area (Å²) in [6.45, 7) is 0. The van der Waals surface area contributed by atoms with Gasteiger partial charge in [0, 0.05) is 6.42 Å². The number of anilines is 1. The molecule has 16 heavy (non-hydrogen) atoms. The van der Waals surface area contributed by atoms with Crippen LogP contribution in [0.1, 0.15) is 11.4 Å². The van der Waals surface area contributed by atoms with Crippen LogP contribution in [0.4, 0.5) is 5.95 Å². The minimum absolute atomic E-state index is 0.176. The maximum Gasteiger partial charge on any atom is 0.248 e. The average Bonchev–Trinajstić information content (AvgIpc) is 2.66. The van der Waals surface area contributed by atoms with Gasteiger partial charge in [0.1, 0.15) is 5.82 Å². The van der Waals surface area contributed by atoms with Crippen molar-refractivity contribution in [2.75, 3.05) is 5.32 Å². The van der Waals surface area contributed by atoms with Crippen molar-refractivity contribution in [2.45, 2.75) is 6.42 Å². The Morgan fingerprint density at radius 2 is 2.12 bits per heavy atom. The fraction of sp³-hybridized carbons (Fsp3) is 0.100. The second-order valence-corrected chi connectivity index (χ2v) is 3.31. The maximum atomic E-state index is 7.03. The number of guanidine groups is 1. The number of nitrogens with one attached hydrogen (secondary N) is 3. The SMILES string of the molecule is N=C(N)Nc1n[nH]c(Cc2ccccc2)n1. The molecule has 2 rings (SSSR count). The molecule has 0 saturated carbocycles. The van der Waals surface area contributed by atoms with Gasteiger partial charge in [-0.25, -0.2) is 0 Å². The number of aromatic amines is 1. The molecule has 0 atom stereocenters. The topological polar surface area (TPSA) is 103 Å². The molecule has 0 radical (unpaired) electrons. The third-order valence-electron chi connectivity index (χ3n) is 1.99. The quantitative estimate of drug-likeness (QED) is 0.448. The number of rotatable bonds is 3. The van der Waals surface area contributed by atoms with Crippen molar-refractivity contribution in [3.63, 3.8) is 0 Å². The summed E-state index contributed by atoms with van der Waals surface area (Å²) >= 11 is 0. The second kappa shape index (κ2) is 4.43. The van der Waals surface area contributed by atoms with E-state index in [0.29, 0.717) is 12.4 Å². The van der Waals surface area contributed by atoms with Crippen LogP contribution >= 0.6 is 0 Å². The lowest BCUT2D eigenvalue weighted by atomic mass is 10.1. The lowest BCUT2D eigenvalue weighted by Crippen LogP contribution is -2.21. The molecule has 1 aromatic carbocycles. The van der Waals surface area contributed by atoms with Gasteiger partial charge in [-0.1, -0.05) is 30.3 Å². The maximum absolute atomic E-state index is 7.03. The Morgan fingerprint density at radius 1 is 1.38 bits per heavy atom. The van der Waals surface area contributed by atoms with E-state index >= 15 is 0 Å². The highest BCUT2D eigenvalue weighted by Gasteiger charge is 2.03. The van der Waals surface area contributed by atoms with Crippen molar-refractivity contribution in [2.24, 2.45) is 5.73 Å². The number of H-pyrrole nitrogens is 1. The van der Waals surface area contributed by atoms with Gasteiger partial charge in [-0.05, 0) is 5.56 Å². The summed E-state index contributed by atoms with van der Waals surface area (Å²) in [7, 11) is 0. The molecule has 0 amide bonds. The standard InChI is InChI=1S/C10H12N6/c11-9(12)14-10-13-8(15-16-10)6-7-4-2-1-3-5-7/h1-5H,6H2,(H5,11,12,13,14,15,16). The van der Waals surface area contributed by atoms with Crippen LogP contribution in [0.15, 0.2) is 30.3 Å². The molecule has 0 saturated heterocycles. The molecule has 1 heterocycles. The van der Waals surface area contributed by atoms with Gasteiger partial charge in [-0.15, -0.1) is 5.10 Å². The molecule has 0 spiro atoms. The molecule has 0 aliphatic heterocycles. The van der Waals surface area contributed by atoms with E-state index in [1.807, 2.05) is 30.3 Å². The predicted molar refractivity (Wildman–Crippen MR) is 61.2 cm³/mol. The number of hydrogen-bond acceptors (Lipinski definition) is 3. The number of benzene rings is 1. The molecule has 0 aliphatic rings. The lowest BCUT2D eigenvalue weighted by molar-refractivity contribution is 0.973. The van der Waals surface area contributed by atoms with E-state index < -0.39 is 0 Å². The molecule has 0 unspecified atom stereocenters. The first kappa shape index (κ1) is 10.2.